The lowest BCUT2D eigenvalue weighted by atomic mass is 10.1. The molecule has 0 atom stereocenters. The molecule has 0 spiro atoms. The second-order valence-corrected chi connectivity index (χ2v) is 5.92. The van der Waals surface area contributed by atoms with Gasteiger partial charge in [-0.05, 0) is 55.4 Å². The van der Waals surface area contributed by atoms with Gasteiger partial charge in [0.2, 0.25) is 0 Å². The van der Waals surface area contributed by atoms with Crippen LogP contribution in [0.2, 0.25) is 0 Å². The van der Waals surface area contributed by atoms with Gasteiger partial charge in [-0.3, -0.25) is 9.80 Å². The fourth-order valence-corrected chi connectivity index (χ4v) is 2.81. The first-order valence-electron chi connectivity index (χ1n) is 6.91. The van der Waals surface area contributed by atoms with Gasteiger partial charge in [-0.25, -0.2) is 0 Å². The molecule has 17 heavy (non-hydrogen) atoms. The maximum absolute atomic E-state index is 4.05. The maximum Gasteiger partial charge on any atom is 0.0821 e. The van der Waals surface area contributed by atoms with Crippen LogP contribution in [-0.4, -0.2) is 40.1 Å². The summed E-state index contributed by atoms with van der Waals surface area (Å²) in [4.78, 5) is 5.04. The molecule has 0 aliphatic heterocycles. The van der Waals surface area contributed by atoms with Crippen molar-refractivity contribution in [2.24, 2.45) is 0 Å². The molecule has 0 unspecified atom stereocenters. The summed E-state index contributed by atoms with van der Waals surface area (Å²) in [5, 5.41) is 0. The first kappa shape index (κ1) is 16.7. The van der Waals surface area contributed by atoms with Crippen molar-refractivity contribution in [2.75, 3.05) is 0 Å². The third-order valence-corrected chi connectivity index (χ3v) is 3.21. The Morgan fingerprint density at radius 1 is 0.647 bits per heavy atom. The molecule has 0 fully saturated rings. The molecular formula is C15H32N2. The van der Waals surface area contributed by atoms with Crippen LogP contribution in [-0.2, 0) is 0 Å². The van der Waals surface area contributed by atoms with Crippen molar-refractivity contribution in [3.8, 4) is 0 Å². The second-order valence-electron chi connectivity index (χ2n) is 5.92. The highest BCUT2D eigenvalue weighted by atomic mass is 15.4. The van der Waals surface area contributed by atoms with Gasteiger partial charge in [-0.15, -0.1) is 6.58 Å². The lowest BCUT2D eigenvalue weighted by Crippen LogP contribution is -2.57. The Balaban J connectivity index is 5.18. The zero-order chi connectivity index (χ0) is 13.7. The van der Waals surface area contributed by atoms with Crippen molar-refractivity contribution in [1.29, 1.82) is 0 Å². The van der Waals surface area contributed by atoms with Gasteiger partial charge in [-0.2, -0.15) is 0 Å². The van der Waals surface area contributed by atoms with Crippen LogP contribution in [0.25, 0.3) is 0 Å². The van der Waals surface area contributed by atoms with Gasteiger partial charge >= 0.3 is 0 Å². The molecule has 0 rings (SSSR count). The van der Waals surface area contributed by atoms with Crippen LogP contribution in [0.5, 0.6) is 0 Å². The van der Waals surface area contributed by atoms with Crippen LogP contribution in [0, 0.1) is 0 Å². The van der Waals surface area contributed by atoms with Crippen molar-refractivity contribution in [2.45, 2.75) is 85.7 Å². The minimum atomic E-state index is 0.315. The largest absolute Gasteiger partial charge is 0.280 e. The first-order chi connectivity index (χ1) is 7.73. The van der Waals surface area contributed by atoms with Crippen molar-refractivity contribution in [1.82, 2.24) is 9.80 Å². The molecule has 0 saturated carbocycles. The van der Waals surface area contributed by atoms with E-state index in [0.717, 1.165) is 0 Å². The molecule has 0 aliphatic rings. The van der Waals surface area contributed by atoms with E-state index in [9.17, 15) is 0 Å². The summed E-state index contributed by atoms with van der Waals surface area (Å²) >= 11 is 0. The van der Waals surface area contributed by atoms with E-state index in [1.807, 2.05) is 0 Å². The molecular weight excluding hydrogens is 208 g/mol. The van der Waals surface area contributed by atoms with E-state index < -0.39 is 0 Å². The first-order valence-corrected chi connectivity index (χ1v) is 6.91. The summed E-state index contributed by atoms with van der Waals surface area (Å²) in [5.74, 6) is 0. The van der Waals surface area contributed by atoms with Gasteiger partial charge in [0.1, 0.15) is 0 Å². The SMILES string of the molecule is C=CC(N(C(C)C)C(C)C)N(C(C)C)C(C)C. The summed E-state index contributed by atoms with van der Waals surface area (Å²) in [5.41, 5.74) is 0. The predicted octanol–water partition coefficient (Wildman–Crippen LogP) is 3.74. The predicted molar refractivity (Wildman–Crippen MR) is 78.2 cm³/mol. The average Bonchev–Trinajstić information content (AvgIpc) is 2.13. The van der Waals surface area contributed by atoms with Crippen molar-refractivity contribution >= 4 is 0 Å². The summed E-state index contributed by atoms with van der Waals surface area (Å²) in [6, 6.07) is 2.10. The van der Waals surface area contributed by atoms with Gasteiger partial charge in [0.25, 0.3) is 0 Å². The molecule has 0 saturated heterocycles. The van der Waals surface area contributed by atoms with E-state index in [1.54, 1.807) is 0 Å². The van der Waals surface area contributed by atoms with Crippen LogP contribution in [0.1, 0.15) is 55.4 Å². The minimum absolute atomic E-state index is 0.315. The standard InChI is InChI=1S/C15H32N2/c1-10-15(16(11(2)3)12(4)5)17(13(6)7)14(8)9/h10-15H,1H2,2-9H3. The van der Waals surface area contributed by atoms with E-state index in [2.05, 4.69) is 77.8 Å². The van der Waals surface area contributed by atoms with E-state index in [1.165, 1.54) is 0 Å². The quantitative estimate of drug-likeness (QED) is 0.494. The molecule has 2 nitrogen and oxygen atoms in total. The topological polar surface area (TPSA) is 6.48 Å². The van der Waals surface area contributed by atoms with Gasteiger partial charge in [-0.1, -0.05) is 6.08 Å². The second kappa shape index (κ2) is 7.17. The Bertz CT molecular complexity index is 183. The molecule has 0 bridgehead atoms. The smallest absolute Gasteiger partial charge is 0.0821 e. The molecule has 0 N–H and O–H groups in total. The Kier molecular flexibility index (Phi) is 7.03. The third kappa shape index (κ3) is 4.44. The molecule has 0 aliphatic carbocycles. The zero-order valence-electron chi connectivity index (χ0n) is 13.1. The van der Waals surface area contributed by atoms with Crippen LogP contribution in [0.15, 0.2) is 12.7 Å². The fraction of sp³-hybridized carbons (Fsp3) is 0.867. The molecule has 102 valence electrons. The Morgan fingerprint density at radius 3 is 1.00 bits per heavy atom. The normalized spacial score (nSPS) is 13.1. The highest BCUT2D eigenvalue weighted by Gasteiger charge is 2.29. The van der Waals surface area contributed by atoms with E-state index >= 15 is 0 Å². The molecule has 0 aromatic carbocycles. The summed E-state index contributed by atoms with van der Waals surface area (Å²) in [7, 11) is 0. The Labute approximate surface area is 109 Å². The highest BCUT2D eigenvalue weighted by molar-refractivity contribution is 4.93. The van der Waals surface area contributed by atoms with Gasteiger partial charge in [0.15, 0.2) is 0 Å². The molecule has 0 amide bonds. The van der Waals surface area contributed by atoms with Crippen molar-refractivity contribution in [3.05, 3.63) is 12.7 Å². The number of hydrogen-bond acceptors (Lipinski definition) is 2. The molecule has 0 aromatic rings. The van der Waals surface area contributed by atoms with E-state index in [0.29, 0.717) is 30.3 Å². The summed E-state index contributed by atoms with van der Waals surface area (Å²) in [6.07, 6.45) is 2.40. The van der Waals surface area contributed by atoms with E-state index in [-0.39, 0.29) is 0 Å². The summed E-state index contributed by atoms with van der Waals surface area (Å²) in [6.45, 7) is 22.1. The zero-order valence-corrected chi connectivity index (χ0v) is 13.1. The maximum atomic E-state index is 4.05. The number of hydrogen-bond donors (Lipinski definition) is 0. The summed E-state index contributed by atoms with van der Waals surface area (Å²) < 4.78 is 0. The van der Waals surface area contributed by atoms with Crippen LogP contribution in [0.4, 0.5) is 0 Å². The molecule has 0 aromatic heterocycles. The van der Waals surface area contributed by atoms with Gasteiger partial charge in [0.05, 0.1) is 6.17 Å². The Morgan fingerprint density at radius 2 is 0.882 bits per heavy atom. The van der Waals surface area contributed by atoms with Crippen LogP contribution >= 0.6 is 0 Å². The molecule has 2 heteroatoms. The lowest BCUT2D eigenvalue weighted by molar-refractivity contribution is -0.00708. The number of nitrogens with zero attached hydrogens (tertiary/aromatic N) is 2. The van der Waals surface area contributed by atoms with Crippen molar-refractivity contribution in [3.63, 3.8) is 0 Å². The monoisotopic (exact) mass is 240 g/mol. The minimum Gasteiger partial charge on any atom is -0.280 e. The Hall–Kier alpha value is -0.340. The van der Waals surface area contributed by atoms with Crippen molar-refractivity contribution < 1.29 is 0 Å². The average molecular weight is 240 g/mol. The van der Waals surface area contributed by atoms with Gasteiger partial charge in [0, 0.05) is 24.2 Å². The fourth-order valence-electron chi connectivity index (χ4n) is 2.81. The van der Waals surface area contributed by atoms with Crippen LogP contribution in [0.3, 0.4) is 0 Å². The molecule has 0 radical (unpaired) electrons. The van der Waals surface area contributed by atoms with Gasteiger partial charge < -0.3 is 0 Å². The molecule has 0 heterocycles. The van der Waals surface area contributed by atoms with Crippen LogP contribution < -0.4 is 0 Å². The number of rotatable bonds is 7. The van der Waals surface area contributed by atoms with E-state index in [4.69, 9.17) is 0 Å². The third-order valence-electron chi connectivity index (χ3n) is 3.21. The lowest BCUT2D eigenvalue weighted by Gasteiger charge is -2.46. The highest BCUT2D eigenvalue weighted by Crippen LogP contribution is 2.20.